The van der Waals surface area contributed by atoms with Crippen molar-refractivity contribution in [1.82, 2.24) is 9.55 Å². The first kappa shape index (κ1) is 14.7. The van der Waals surface area contributed by atoms with Crippen LogP contribution in [0.1, 0.15) is 0 Å². The topological polar surface area (TPSA) is 72.2 Å². The summed E-state index contributed by atoms with van der Waals surface area (Å²) in [4.78, 5) is 25.7. The molecule has 104 valence electrons. The van der Waals surface area contributed by atoms with E-state index >= 15 is 0 Å². The van der Waals surface area contributed by atoms with Crippen LogP contribution >= 0.6 is 27.7 Å². The monoisotopic (exact) mass is 358 g/mol. The summed E-state index contributed by atoms with van der Waals surface area (Å²) in [5, 5.41) is 8.93. The van der Waals surface area contributed by atoms with E-state index in [0.717, 1.165) is 11.8 Å². The van der Waals surface area contributed by atoms with Gasteiger partial charge in [-0.25, -0.2) is 4.39 Å². The Hall–Kier alpha value is -1.67. The van der Waals surface area contributed by atoms with Crippen LogP contribution < -0.4 is 5.56 Å². The standard InChI is InChI=1S/C12H8BrFN2O3S/c13-8-5-7(1-2-9(8)14)16-4-3-10(17)15-12(16)20-6-11(18)19/h1-5H,6H2,(H,18,19). The lowest BCUT2D eigenvalue weighted by atomic mass is 10.3. The Balaban J connectivity index is 2.46. The van der Waals surface area contributed by atoms with Gasteiger partial charge < -0.3 is 5.11 Å². The molecule has 1 aromatic heterocycles. The van der Waals surface area contributed by atoms with Crippen molar-refractivity contribution in [3.8, 4) is 5.69 Å². The van der Waals surface area contributed by atoms with Crippen LogP contribution in [0.2, 0.25) is 0 Å². The highest BCUT2D eigenvalue weighted by Crippen LogP contribution is 2.23. The van der Waals surface area contributed by atoms with Crippen molar-refractivity contribution in [2.45, 2.75) is 5.16 Å². The van der Waals surface area contributed by atoms with E-state index < -0.39 is 17.3 Å². The average Bonchev–Trinajstić information content (AvgIpc) is 2.40. The maximum absolute atomic E-state index is 13.2. The van der Waals surface area contributed by atoms with Crippen LogP contribution in [0.25, 0.3) is 5.69 Å². The molecular weight excluding hydrogens is 351 g/mol. The van der Waals surface area contributed by atoms with E-state index in [-0.39, 0.29) is 15.4 Å². The molecule has 0 saturated carbocycles. The molecule has 2 rings (SSSR count). The second-order valence-electron chi connectivity index (χ2n) is 3.70. The van der Waals surface area contributed by atoms with E-state index in [1.807, 2.05) is 0 Å². The van der Waals surface area contributed by atoms with Gasteiger partial charge in [0, 0.05) is 18.0 Å². The lowest BCUT2D eigenvalue weighted by molar-refractivity contribution is -0.133. The number of benzene rings is 1. The summed E-state index contributed by atoms with van der Waals surface area (Å²) in [6, 6.07) is 5.55. The predicted molar refractivity (Wildman–Crippen MR) is 75.9 cm³/mol. The molecule has 1 heterocycles. The van der Waals surface area contributed by atoms with Gasteiger partial charge in [-0.3, -0.25) is 14.2 Å². The fraction of sp³-hybridized carbons (Fsp3) is 0.0833. The molecule has 0 aliphatic carbocycles. The van der Waals surface area contributed by atoms with Crippen LogP contribution in [0.3, 0.4) is 0 Å². The minimum absolute atomic E-state index is 0.223. The Labute approximate surface area is 125 Å². The highest BCUT2D eigenvalue weighted by molar-refractivity contribution is 9.10. The summed E-state index contributed by atoms with van der Waals surface area (Å²) >= 11 is 3.99. The van der Waals surface area contributed by atoms with Crippen molar-refractivity contribution < 1.29 is 14.3 Å². The normalized spacial score (nSPS) is 10.5. The maximum atomic E-state index is 13.2. The quantitative estimate of drug-likeness (QED) is 0.670. The molecule has 8 heteroatoms. The Kier molecular flexibility index (Phi) is 4.56. The number of aliphatic carboxylic acids is 1. The number of carboxylic acid groups (broad SMARTS) is 1. The number of aromatic nitrogens is 2. The number of hydrogen-bond donors (Lipinski definition) is 1. The zero-order valence-corrected chi connectivity index (χ0v) is 12.3. The first-order valence-corrected chi connectivity index (χ1v) is 7.15. The van der Waals surface area contributed by atoms with Crippen molar-refractivity contribution in [2.24, 2.45) is 0 Å². The highest BCUT2D eigenvalue weighted by Gasteiger charge is 2.10. The summed E-state index contributed by atoms with van der Waals surface area (Å²) in [5.41, 5.74) is 0.106. The van der Waals surface area contributed by atoms with E-state index in [2.05, 4.69) is 20.9 Å². The molecule has 0 amide bonds. The first-order valence-electron chi connectivity index (χ1n) is 5.37. The number of rotatable bonds is 4. The zero-order chi connectivity index (χ0) is 14.7. The number of thioether (sulfide) groups is 1. The third-order valence-corrected chi connectivity index (χ3v) is 3.83. The Morgan fingerprint density at radius 1 is 1.45 bits per heavy atom. The van der Waals surface area contributed by atoms with Crippen molar-refractivity contribution in [1.29, 1.82) is 0 Å². The largest absolute Gasteiger partial charge is 0.481 e. The van der Waals surface area contributed by atoms with E-state index in [4.69, 9.17) is 5.11 Å². The molecule has 0 saturated heterocycles. The number of carboxylic acids is 1. The van der Waals surface area contributed by atoms with Gasteiger partial charge in [-0.1, -0.05) is 11.8 Å². The fourth-order valence-electron chi connectivity index (χ4n) is 1.45. The molecule has 1 N–H and O–H groups in total. The first-order chi connectivity index (χ1) is 9.47. The molecule has 0 atom stereocenters. The molecule has 0 aliphatic heterocycles. The Morgan fingerprint density at radius 3 is 2.85 bits per heavy atom. The van der Waals surface area contributed by atoms with Crippen molar-refractivity contribution in [2.75, 3.05) is 5.75 Å². The molecule has 1 aromatic carbocycles. The third-order valence-electron chi connectivity index (χ3n) is 2.28. The number of carbonyl (C=O) groups is 1. The van der Waals surface area contributed by atoms with E-state index in [0.29, 0.717) is 5.69 Å². The van der Waals surface area contributed by atoms with Gasteiger partial charge in [0.25, 0.3) is 5.56 Å². The third kappa shape index (κ3) is 3.45. The number of halogens is 2. The highest BCUT2D eigenvalue weighted by atomic mass is 79.9. The Bertz CT molecular complexity index is 720. The Morgan fingerprint density at radius 2 is 2.20 bits per heavy atom. The minimum Gasteiger partial charge on any atom is -0.481 e. The molecule has 20 heavy (non-hydrogen) atoms. The number of hydrogen-bond acceptors (Lipinski definition) is 4. The smallest absolute Gasteiger partial charge is 0.313 e. The number of nitrogens with zero attached hydrogens (tertiary/aromatic N) is 2. The molecule has 0 bridgehead atoms. The predicted octanol–water partition coefficient (Wildman–Crippen LogP) is 2.31. The fourth-order valence-corrected chi connectivity index (χ4v) is 2.53. The van der Waals surface area contributed by atoms with Crippen molar-refractivity contribution >= 4 is 33.7 Å². The lowest BCUT2D eigenvalue weighted by Crippen LogP contribution is -2.13. The molecule has 0 fully saturated rings. The van der Waals surface area contributed by atoms with Gasteiger partial charge in [0.1, 0.15) is 5.82 Å². The zero-order valence-electron chi connectivity index (χ0n) is 9.92. The summed E-state index contributed by atoms with van der Waals surface area (Å²) < 4.78 is 15.0. The second kappa shape index (κ2) is 6.19. The summed E-state index contributed by atoms with van der Waals surface area (Å²) in [5.74, 6) is -1.65. The van der Waals surface area contributed by atoms with Crippen LogP contribution in [-0.2, 0) is 4.79 Å². The van der Waals surface area contributed by atoms with Crippen LogP contribution in [0.5, 0.6) is 0 Å². The minimum atomic E-state index is -1.01. The molecule has 0 spiro atoms. The van der Waals surface area contributed by atoms with Crippen LogP contribution in [0, 0.1) is 5.82 Å². The molecule has 2 aromatic rings. The van der Waals surface area contributed by atoms with Crippen LogP contribution in [-0.4, -0.2) is 26.4 Å². The molecular formula is C12H8BrFN2O3S. The summed E-state index contributed by atoms with van der Waals surface area (Å²) in [6.45, 7) is 0. The summed E-state index contributed by atoms with van der Waals surface area (Å²) in [7, 11) is 0. The van der Waals surface area contributed by atoms with Gasteiger partial charge in [-0.2, -0.15) is 4.98 Å². The maximum Gasteiger partial charge on any atom is 0.313 e. The van der Waals surface area contributed by atoms with Crippen LogP contribution in [0.15, 0.2) is 44.9 Å². The van der Waals surface area contributed by atoms with Crippen LogP contribution in [0.4, 0.5) is 4.39 Å². The summed E-state index contributed by atoms with van der Waals surface area (Å²) in [6.07, 6.45) is 1.47. The van der Waals surface area contributed by atoms with E-state index in [1.165, 1.54) is 35.0 Å². The molecule has 0 unspecified atom stereocenters. The van der Waals surface area contributed by atoms with Gasteiger partial charge in [0.05, 0.1) is 10.2 Å². The molecule has 5 nitrogen and oxygen atoms in total. The molecule has 0 radical (unpaired) electrons. The lowest BCUT2D eigenvalue weighted by Gasteiger charge is -2.11. The SMILES string of the molecule is O=C(O)CSc1nc(=O)ccn1-c1ccc(F)c(Br)c1. The molecule has 0 aliphatic rings. The van der Waals surface area contributed by atoms with Crippen molar-refractivity contribution in [3.05, 3.63) is 51.1 Å². The van der Waals surface area contributed by atoms with Gasteiger partial charge in [0.2, 0.25) is 0 Å². The van der Waals surface area contributed by atoms with Gasteiger partial charge in [-0.05, 0) is 34.1 Å². The van der Waals surface area contributed by atoms with Gasteiger partial charge in [-0.15, -0.1) is 0 Å². The van der Waals surface area contributed by atoms with Gasteiger partial charge in [0.15, 0.2) is 5.16 Å². The average molecular weight is 359 g/mol. The van der Waals surface area contributed by atoms with E-state index in [1.54, 1.807) is 0 Å². The second-order valence-corrected chi connectivity index (χ2v) is 5.50. The van der Waals surface area contributed by atoms with E-state index in [9.17, 15) is 14.0 Å². The van der Waals surface area contributed by atoms with Crippen molar-refractivity contribution in [3.63, 3.8) is 0 Å². The van der Waals surface area contributed by atoms with Gasteiger partial charge >= 0.3 is 5.97 Å².